The van der Waals surface area contributed by atoms with Gasteiger partial charge in [-0.15, -0.1) is 0 Å². The molecule has 1 heterocycles. The van der Waals surface area contributed by atoms with Crippen molar-refractivity contribution in [3.63, 3.8) is 0 Å². The second-order valence-corrected chi connectivity index (χ2v) is 6.19. The maximum absolute atomic E-state index is 13.7. The van der Waals surface area contributed by atoms with Gasteiger partial charge in [-0.05, 0) is 43.2 Å². The molecule has 3 rings (SSSR count). The lowest BCUT2D eigenvalue weighted by atomic mass is 10.1. The first-order chi connectivity index (χ1) is 13.0. The Balaban J connectivity index is 1.70. The molecular formula is C21H21FN4O. The van der Waals surface area contributed by atoms with E-state index in [1.165, 1.54) is 6.07 Å². The Morgan fingerprint density at radius 1 is 1.07 bits per heavy atom. The summed E-state index contributed by atoms with van der Waals surface area (Å²) in [5, 5.41) is 3.08. The van der Waals surface area contributed by atoms with Crippen molar-refractivity contribution < 1.29 is 9.18 Å². The van der Waals surface area contributed by atoms with E-state index >= 15 is 0 Å². The lowest BCUT2D eigenvalue weighted by Crippen LogP contribution is -2.27. The van der Waals surface area contributed by atoms with Crippen LogP contribution in [-0.2, 0) is 6.42 Å². The van der Waals surface area contributed by atoms with E-state index < -0.39 is 0 Å². The minimum absolute atomic E-state index is 0.219. The van der Waals surface area contributed by atoms with Gasteiger partial charge < -0.3 is 10.2 Å². The SMILES string of the molecule is Cc1cc(C(=O)N(C)c2ccccc2)nc(NCCc2ccccc2F)n1. The van der Waals surface area contributed by atoms with E-state index in [2.05, 4.69) is 15.3 Å². The number of aryl methyl sites for hydroxylation is 1. The van der Waals surface area contributed by atoms with Gasteiger partial charge in [-0.1, -0.05) is 36.4 Å². The molecule has 0 bridgehead atoms. The van der Waals surface area contributed by atoms with Gasteiger partial charge in [-0.25, -0.2) is 14.4 Å². The van der Waals surface area contributed by atoms with E-state index in [-0.39, 0.29) is 11.7 Å². The molecule has 0 saturated heterocycles. The van der Waals surface area contributed by atoms with E-state index in [0.29, 0.717) is 35.9 Å². The van der Waals surface area contributed by atoms with Gasteiger partial charge in [-0.2, -0.15) is 0 Å². The number of rotatable bonds is 6. The van der Waals surface area contributed by atoms with Gasteiger partial charge in [0.1, 0.15) is 11.5 Å². The summed E-state index contributed by atoms with van der Waals surface area (Å²) in [6.07, 6.45) is 0.497. The van der Waals surface area contributed by atoms with Gasteiger partial charge in [0, 0.05) is 25.0 Å². The normalized spacial score (nSPS) is 10.5. The first-order valence-electron chi connectivity index (χ1n) is 8.70. The van der Waals surface area contributed by atoms with Crippen LogP contribution in [-0.4, -0.2) is 29.5 Å². The zero-order valence-electron chi connectivity index (χ0n) is 15.3. The van der Waals surface area contributed by atoms with Crippen LogP contribution in [0.1, 0.15) is 21.7 Å². The zero-order valence-corrected chi connectivity index (χ0v) is 15.3. The lowest BCUT2D eigenvalue weighted by Gasteiger charge is -2.17. The summed E-state index contributed by atoms with van der Waals surface area (Å²) < 4.78 is 13.7. The molecule has 6 heteroatoms. The third-order valence-electron chi connectivity index (χ3n) is 4.16. The van der Waals surface area contributed by atoms with Crippen molar-refractivity contribution in [2.45, 2.75) is 13.3 Å². The van der Waals surface area contributed by atoms with Crippen molar-refractivity contribution in [2.75, 3.05) is 23.8 Å². The number of nitrogens with zero attached hydrogens (tertiary/aromatic N) is 3. The summed E-state index contributed by atoms with van der Waals surface area (Å²) >= 11 is 0. The molecule has 0 aliphatic heterocycles. The van der Waals surface area contributed by atoms with Crippen LogP contribution in [0, 0.1) is 12.7 Å². The van der Waals surface area contributed by atoms with Gasteiger partial charge >= 0.3 is 0 Å². The van der Waals surface area contributed by atoms with Crippen LogP contribution < -0.4 is 10.2 Å². The largest absolute Gasteiger partial charge is 0.354 e. The quantitative estimate of drug-likeness (QED) is 0.722. The molecule has 1 N–H and O–H groups in total. The summed E-state index contributed by atoms with van der Waals surface area (Å²) in [7, 11) is 1.71. The number of hydrogen-bond acceptors (Lipinski definition) is 4. The van der Waals surface area contributed by atoms with Crippen LogP contribution >= 0.6 is 0 Å². The molecule has 5 nitrogen and oxygen atoms in total. The maximum atomic E-state index is 13.7. The highest BCUT2D eigenvalue weighted by Crippen LogP contribution is 2.15. The van der Waals surface area contributed by atoms with Crippen molar-refractivity contribution in [1.82, 2.24) is 9.97 Å². The first kappa shape index (κ1) is 18.5. The van der Waals surface area contributed by atoms with Gasteiger partial charge in [-0.3, -0.25) is 4.79 Å². The number of carbonyl (C=O) groups is 1. The second-order valence-electron chi connectivity index (χ2n) is 6.19. The Kier molecular flexibility index (Phi) is 5.76. The smallest absolute Gasteiger partial charge is 0.276 e. The average molecular weight is 364 g/mol. The topological polar surface area (TPSA) is 58.1 Å². The highest BCUT2D eigenvalue weighted by atomic mass is 19.1. The fraction of sp³-hybridized carbons (Fsp3) is 0.190. The van der Waals surface area contributed by atoms with Crippen molar-refractivity contribution in [1.29, 1.82) is 0 Å². The third kappa shape index (κ3) is 4.67. The van der Waals surface area contributed by atoms with Crippen LogP contribution in [0.15, 0.2) is 60.7 Å². The van der Waals surface area contributed by atoms with Crippen molar-refractivity contribution in [2.24, 2.45) is 0 Å². The van der Waals surface area contributed by atoms with Crippen molar-refractivity contribution in [3.05, 3.63) is 83.4 Å². The molecule has 0 saturated carbocycles. The molecule has 138 valence electrons. The molecule has 0 unspecified atom stereocenters. The van der Waals surface area contributed by atoms with Gasteiger partial charge in [0.05, 0.1) is 0 Å². The number of benzene rings is 2. The lowest BCUT2D eigenvalue weighted by molar-refractivity contribution is 0.0988. The second kappa shape index (κ2) is 8.40. The molecule has 0 aliphatic rings. The summed E-state index contributed by atoms with van der Waals surface area (Å²) in [6, 6.07) is 17.7. The summed E-state index contributed by atoms with van der Waals surface area (Å²) in [5.41, 5.74) is 2.40. The zero-order chi connectivity index (χ0) is 19.2. The number of hydrogen-bond donors (Lipinski definition) is 1. The Bertz CT molecular complexity index is 930. The van der Waals surface area contributed by atoms with E-state index in [4.69, 9.17) is 0 Å². The van der Waals surface area contributed by atoms with Gasteiger partial charge in [0.2, 0.25) is 5.95 Å². The molecule has 0 atom stereocenters. The fourth-order valence-electron chi connectivity index (χ4n) is 2.71. The highest BCUT2D eigenvalue weighted by Gasteiger charge is 2.16. The molecule has 0 spiro atoms. The molecule has 0 aliphatic carbocycles. The molecular weight excluding hydrogens is 343 g/mol. The molecule has 0 radical (unpaired) electrons. The molecule has 3 aromatic rings. The van der Waals surface area contributed by atoms with E-state index in [1.807, 2.05) is 37.3 Å². The van der Waals surface area contributed by atoms with Crippen LogP contribution in [0.5, 0.6) is 0 Å². The number of halogens is 1. The Labute approximate surface area is 157 Å². The van der Waals surface area contributed by atoms with Crippen LogP contribution in [0.25, 0.3) is 0 Å². The Morgan fingerprint density at radius 2 is 1.78 bits per heavy atom. The standard InChI is InChI=1S/C21H21FN4O/c1-15-14-19(20(27)26(2)17-9-4-3-5-10-17)25-21(24-15)23-13-12-16-8-6-7-11-18(16)22/h3-11,14H,12-13H2,1-2H3,(H,23,24,25). The van der Waals surface area contributed by atoms with E-state index in [0.717, 1.165) is 5.69 Å². The van der Waals surface area contributed by atoms with Crippen LogP contribution in [0.4, 0.5) is 16.0 Å². The van der Waals surface area contributed by atoms with E-state index in [1.54, 1.807) is 36.2 Å². The molecule has 1 aromatic heterocycles. The summed E-state index contributed by atoms with van der Waals surface area (Å²) in [4.78, 5) is 22.9. The predicted octanol–water partition coefficient (Wildman–Crippen LogP) is 3.86. The maximum Gasteiger partial charge on any atom is 0.276 e. The minimum Gasteiger partial charge on any atom is -0.354 e. The Hall–Kier alpha value is -3.28. The predicted molar refractivity (Wildman–Crippen MR) is 105 cm³/mol. The van der Waals surface area contributed by atoms with Gasteiger partial charge in [0.25, 0.3) is 5.91 Å². The summed E-state index contributed by atoms with van der Waals surface area (Å²) in [6.45, 7) is 2.27. The van der Waals surface area contributed by atoms with Crippen molar-refractivity contribution in [3.8, 4) is 0 Å². The average Bonchev–Trinajstić information content (AvgIpc) is 2.68. The molecule has 0 fully saturated rings. The number of amides is 1. The first-order valence-corrected chi connectivity index (χ1v) is 8.70. The number of para-hydroxylation sites is 1. The fourth-order valence-corrected chi connectivity index (χ4v) is 2.71. The Morgan fingerprint density at radius 3 is 2.52 bits per heavy atom. The van der Waals surface area contributed by atoms with Crippen molar-refractivity contribution >= 4 is 17.5 Å². The summed E-state index contributed by atoms with van der Waals surface area (Å²) in [5.74, 6) is -0.0928. The number of carbonyl (C=O) groups excluding carboxylic acids is 1. The molecule has 2 aromatic carbocycles. The van der Waals surface area contributed by atoms with Crippen LogP contribution in [0.3, 0.4) is 0 Å². The third-order valence-corrected chi connectivity index (χ3v) is 4.16. The molecule has 27 heavy (non-hydrogen) atoms. The molecule has 1 amide bonds. The van der Waals surface area contributed by atoms with Crippen LogP contribution in [0.2, 0.25) is 0 Å². The monoisotopic (exact) mass is 364 g/mol. The number of anilines is 2. The minimum atomic E-state index is -0.232. The number of aromatic nitrogens is 2. The van der Waals surface area contributed by atoms with Gasteiger partial charge in [0.15, 0.2) is 0 Å². The van der Waals surface area contributed by atoms with E-state index in [9.17, 15) is 9.18 Å². The number of nitrogens with one attached hydrogen (secondary N) is 1. The highest BCUT2D eigenvalue weighted by molar-refractivity contribution is 6.04.